The van der Waals surface area contributed by atoms with Gasteiger partial charge in [-0.15, -0.1) is 11.3 Å². The van der Waals surface area contributed by atoms with Gasteiger partial charge in [0.1, 0.15) is 0 Å². The van der Waals surface area contributed by atoms with Crippen molar-refractivity contribution in [3.63, 3.8) is 0 Å². The molecule has 0 saturated carbocycles. The normalized spacial score (nSPS) is 11.1. The molecule has 1 aromatic heterocycles. The number of hydrogen-bond donors (Lipinski definition) is 1. The van der Waals surface area contributed by atoms with Gasteiger partial charge in [0.05, 0.1) is 0 Å². The first kappa shape index (κ1) is 11.2. The fourth-order valence-electron chi connectivity index (χ4n) is 0.956. The topological polar surface area (TPSA) is 15.3 Å². The largest absolute Gasteiger partial charge is 0.311 e. The van der Waals surface area contributed by atoms with Crippen LogP contribution in [-0.2, 0) is 6.54 Å². The quantitative estimate of drug-likeness (QED) is 0.819. The molecule has 0 saturated heterocycles. The van der Waals surface area contributed by atoms with Crippen LogP contribution in [0.15, 0.2) is 15.9 Å². The number of halogens is 1. The molecule has 0 fully saturated rings. The van der Waals surface area contributed by atoms with E-state index < -0.39 is 0 Å². The molecule has 2 nitrogen and oxygen atoms in total. The van der Waals surface area contributed by atoms with Crippen LogP contribution in [0.2, 0.25) is 0 Å². The molecule has 0 atom stereocenters. The summed E-state index contributed by atoms with van der Waals surface area (Å²) in [5.74, 6) is 0. The summed E-state index contributed by atoms with van der Waals surface area (Å²) in [5.41, 5.74) is 0. The van der Waals surface area contributed by atoms with Crippen LogP contribution in [0.1, 0.15) is 4.88 Å². The Kier molecular flexibility index (Phi) is 4.94. The molecule has 0 radical (unpaired) electrons. The Labute approximate surface area is 92.1 Å². The molecular formula is C9H15BrN2S. The van der Waals surface area contributed by atoms with Crippen LogP contribution in [0.3, 0.4) is 0 Å². The first-order chi connectivity index (χ1) is 6.20. The summed E-state index contributed by atoms with van der Waals surface area (Å²) in [6.45, 7) is 3.09. The minimum Gasteiger partial charge on any atom is -0.311 e. The van der Waals surface area contributed by atoms with Gasteiger partial charge in [0.15, 0.2) is 0 Å². The van der Waals surface area contributed by atoms with Crippen molar-refractivity contribution in [3.8, 4) is 0 Å². The van der Waals surface area contributed by atoms with Gasteiger partial charge >= 0.3 is 0 Å². The molecule has 0 aromatic carbocycles. The van der Waals surface area contributed by atoms with Gasteiger partial charge in [-0.3, -0.25) is 0 Å². The van der Waals surface area contributed by atoms with Gasteiger partial charge in [0.25, 0.3) is 0 Å². The highest BCUT2D eigenvalue weighted by molar-refractivity contribution is 9.10. The summed E-state index contributed by atoms with van der Waals surface area (Å²) in [5, 5.41) is 5.50. The Morgan fingerprint density at radius 1 is 1.54 bits per heavy atom. The average molecular weight is 263 g/mol. The lowest BCUT2D eigenvalue weighted by Gasteiger charge is -2.09. The Morgan fingerprint density at radius 2 is 2.31 bits per heavy atom. The second kappa shape index (κ2) is 5.75. The zero-order valence-electron chi connectivity index (χ0n) is 8.01. The molecule has 1 N–H and O–H groups in total. The lowest BCUT2D eigenvalue weighted by Crippen LogP contribution is -2.25. The van der Waals surface area contributed by atoms with Crippen molar-refractivity contribution in [2.24, 2.45) is 0 Å². The number of thiophene rings is 1. The van der Waals surface area contributed by atoms with E-state index in [1.54, 1.807) is 11.3 Å². The maximum atomic E-state index is 3.51. The van der Waals surface area contributed by atoms with E-state index in [0.29, 0.717) is 0 Å². The molecule has 0 unspecified atom stereocenters. The fourth-order valence-corrected chi connectivity index (χ4v) is 2.42. The molecule has 4 heteroatoms. The molecule has 0 spiro atoms. The van der Waals surface area contributed by atoms with E-state index in [2.05, 4.69) is 51.7 Å². The van der Waals surface area contributed by atoms with E-state index in [0.717, 1.165) is 19.6 Å². The molecule has 0 aliphatic heterocycles. The molecule has 1 rings (SSSR count). The number of likely N-dealkylation sites (N-methyl/N-ethyl adjacent to an activating group) is 1. The van der Waals surface area contributed by atoms with Crippen LogP contribution >= 0.6 is 27.3 Å². The predicted octanol–water partition coefficient (Wildman–Crippen LogP) is 2.16. The van der Waals surface area contributed by atoms with Crippen LogP contribution < -0.4 is 5.32 Å². The summed E-state index contributed by atoms with van der Waals surface area (Å²) >= 11 is 5.29. The van der Waals surface area contributed by atoms with Crippen molar-refractivity contribution >= 4 is 27.3 Å². The van der Waals surface area contributed by atoms with Gasteiger partial charge in [-0.05, 0) is 41.5 Å². The SMILES string of the molecule is CN(C)CCNCc1sccc1Br. The number of nitrogens with one attached hydrogen (secondary N) is 1. The van der Waals surface area contributed by atoms with Gasteiger partial charge in [-0.1, -0.05) is 0 Å². The van der Waals surface area contributed by atoms with Crippen LogP contribution in [0, 0.1) is 0 Å². The number of hydrogen-bond acceptors (Lipinski definition) is 3. The Balaban J connectivity index is 2.17. The third-order valence-electron chi connectivity index (χ3n) is 1.71. The first-order valence-electron chi connectivity index (χ1n) is 4.27. The van der Waals surface area contributed by atoms with Crippen molar-refractivity contribution in [2.75, 3.05) is 27.2 Å². The van der Waals surface area contributed by atoms with Crippen molar-refractivity contribution in [2.45, 2.75) is 6.54 Å². The number of rotatable bonds is 5. The molecule has 0 bridgehead atoms. The highest BCUT2D eigenvalue weighted by atomic mass is 79.9. The molecular weight excluding hydrogens is 248 g/mol. The van der Waals surface area contributed by atoms with Gasteiger partial charge in [0.2, 0.25) is 0 Å². The van der Waals surface area contributed by atoms with Crippen molar-refractivity contribution in [3.05, 3.63) is 20.8 Å². The van der Waals surface area contributed by atoms with Crippen LogP contribution in [0.25, 0.3) is 0 Å². The standard InChI is InChI=1S/C9H15BrN2S/c1-12(2)5-4-11-7-9-8(10)3-6-13-9/h3,6,11H,4-5,7H2,1-2H3. The molecule has 1 aromatic rings. The monoisotopic (exact) mass is 262 g/mol. The molecule has 0 aliphatic rings. The molecule has 13 heavy (non-hydrogen) atoms. The lowest BCUT2D eigenvalue weighted by molar-refractivity contribution is 0.400. The van der Waals surface area contributed by atoms with E-state index in [-0.39, 0.29) is 0 Å². The third-order valence-corrected chi connectivity index (χ3v) is 3.64. The Hall–Kier alpha value is 0.100. The molecule has 1 heterocycles. The summed E-state index contributed by atoms with van der Waals surface area (Å²) in [6.07, 6.45) is 0. The summed E-state index contributed by atoms with van der Waals surface area (Å²) in [6, 6.07) is 2.09. The van der Waals surface area contributed by atoms with E-state index in [9.17, 15) is 0 Å². The molecule has 74 valence electrons. The van der Waals surface area contributed by atoms with E-state index >= 15 is 0 Å². The summed E-state index contributed by atoms with van der Waals surface area (Å²) in [4.78, 5) is 3.55. The second-order valence-electron chi connectivity index (χ2n) is 3.17. The second-order valence-corrected chi connectivity index (χ2v) is 5.03. The van der Waals surface area contributed by atoms with Crippen LogP contribution in [-0.4, -0.2) is 32.1 Å². The Morgan fingerprint density at radius 3 is 2.85 bits per heavy atom. The minimum absolute atomic E-state index is 0.964. The Bertz CT molecular complexity index is 248. The minimum atomic E-state index is 0.964. The van der Waals surface area contributed by atoms with Gasteiger partial charge in [-0.25, -0.2) is 0 Å². The lowest BCUT2D eigenvalue weighted by atomic mass is 10.4. The third kappa shape index (κ3) is 4.22. The van der Waals surface area contributed by atoms with Crippen LogP contribution in [0.5, 0.6) is 0 Å². The van der Waals surface area contributed by atoms with Gasteiger partial charge < -0.3 is 10.2 Å². The fraction of sp³-hybridized carbons (Fsp3) is 0.556. The van der Waals surface area contributed by atoms with E-state index in [1.807, 2.05) is 0 Å². The first-order valence-corrected chi connectivity index (χ1v) is 5.94. The van der Waals surface area contributed by atoms with Gasteiger partial charge in [0, 0.05) is 29.0 Å². The van der Waals surface area contributed by atoms with Crippen molar-refractivity contribution < 1.29 is 0 Å². The van der Waals surface area contributed by atoms with Crippen molar-refractivity contribution in [1.82, 2.24) is 10.2 Å². The highest BCUT2D eigenvalue weighted by Crippen LogP contribution is 2.21. The summed E-state index contributed by atoms with van der Waals surface area (Å²) < 4.78 is 1.22. The van der Waals surface area contributed by atoms with E-state index in [1.165, 1.54) is 9.35 Å². The highest BCUT2D eigenvalue weighted by Gasteiger charge is 1.99. The maximum absolute atomic E-state index is 3.51. The van der Waals surface area contributed by atoms with Gasteiger partial charge in [-0.2, -0.15) is 0 Å². The zero-order chi connectivity index (χ0) is 9.68. The van der Waals surface area contributed by atoms with Crippen LogP contribution in [0.4, 0.5) is 0 Å². The average Bonchev–Trinajstić information content (AvgIpc) is 2.45. The molecule has 0 aliphatic carbocycles. The summed E-state index contributed by atoms with van der Waals surface area (Å²) in [7, 11) is 4.17. The molecule has 0 amide bonds. The van der Waals surface area contributed by atoms with E-state index in [4.69, 9.17) is 0 Å². The smallest absolute Gasteiger partial charge is 0.0327 e. The predicted molar refractivity (Wildman–Crippen MR) is 62.3 cm³/mol. The zero-order valence-corrected chi connectivity index (χ0v) is 10.4. The number of nitrogens with zero attached hydrogens (tertiary/aromatic N) is 1. The van der Waals surface area contributed by atoms with Crippen molar-refractivity contribution in [1.29, 1.82) is 0 Å². The maximum Gasteiger partial charge on any atom is 0.0327 e.